The van der Waals surface area contributed by atoms with Crippen molar-refractivity contribution >= 4 is 16.7 Å². The topological polar surface area (TPSA) is 44.0 Å². The normalized spacial score (nSPS) is 10.9. The lowest BCUT2D eigenvalue weighted by molar-refractivity contribution is 0.101. The summed E-state index contributed by atoms with van der Waals surface area (Å²) in [7, 11) is 3.49. The van der Waals surface area contributed by atoms with E-state index < -0.39 is 0 Å². The number of aromatic nitrogens is 2. The van der Waals surface area contributed by atoms with Crippen LogP contribution in [0, 0.1) is 0 Å². The van der Waals surface area contributed by atoms with Crippen LogP contribution in [-0.4, -0.2) is 15.1 Å². The first-order valence-corrected chi connectivity index (χ1v) is 4.69. The fourth-order valence-corrected chi connectivity index (χ4v) is 1.79. The fraction of sp³-hybridized carbons (Fsp3) is 0.273. The van der Waals surface area contributed by atoms with E-state index in [4.69, 9.17) is 0 Å². The standard InChI is InChI=1S/C11H12N2O2/c1-7(14)8-5-4-6-9-10(8)11(15)13(3)12(9)2/h4-6H,1-3H3. The van der Waals surface area contributed by atoms with Crippen LogP contribution < -0.4 is 5.56 Å². The molecule has 0 aliphatic carbocycles. The summed E-state index contributed by atoms with van der Waals surface area (Å²) in [5.41, 5.74) is 1.15. The minimum Gasteiger partial charge on any atom is -0.294 e. The summed E-state index contributed by atoms with van der Waals surface area (Å²) in [4.78, 5) is 23.2. The second-order valence-electron chi connectivity index (χ2n) is 3.61. The van der Waals surface area contributed by atoms with Gasteiger partial charge in [0.25, 0.3) is 5.56 Å². The zero-order valence-electron chi connectivity index (χ0n) is 8.94. The largest absolute Gasteiger partial charge is 0.294 e. The molecular formula is C11H12N2O2. The number of carbonyl (C=O) groups is 1. The van der Waals surface area contributed by atoms with E-state index in [0.717, 1.165) is 5.52 Å². The zero-order chi connectivity index (χ0) is 11.2. The highest BCUT2D eigenvalue weighted by molar-refractivity contribution is 6.06. The van der Waals surface area contributed by atoms with Gasteiger partial charge in [-0.15, -0.1) is 0 Å². The maximum atomic E-state index is 11.9. The van der Waals surface area contributed by atoms with Gasteiger partial charge in [0.2, 0.25) is 0 Å². The molecule has 0 atom stereocenters. The van der Waals surface area contributed by atoms with Crippen LogP contribution in [0.1, 0.15) is 17.3 Å². The van der Waals surface area contributed by atoms with E-state index in [1.807, 2.05) is 6.07 Å². The Labute approximate surface area is 86.7 Å². The molecule has 0 unspecified atom stereocenters. The molecule has 2 rings (SSSR count). The Morgan fingerprint density at radius 2 is 1.87 bits per heavy atom. The van der Waals surface area contributed by atoms with Gasteiger partial charge in [0.05, 0.1) is 10.9 Å². The molecule has 0 spiro atoms. The molecule has 1 heterocycles. The van der Waals surface area contributed by atoms with Crippen molar-refractivity contribution in [3.8, 4) is 0 Å². The summed E-state index contributed by atoms with van der Waals surface area (Å²) in [5, 5.41) is 0.509. The number of nitrogens with zero attached hydrogens (tertiary/aromatic N) is 2. The quantitative estimate of drug-likeness (QED) is 0.652. The van der Waals surface area contributed by atoms with Crippen LogP contribution in [0.4, 0.5) is 0 Å². The molecule has 1 aromatic heterocycles. The molecule has 0 saturated carbocycles. The van der Waals surface area contributed by atoms with E-state index in [9.17, 15) is 9.59 Å². The Morgan fingerprint density at radius 1 is 1.20 bits per heavy atom. The highest BCUT2D eigenvalue weighted by atomic mass is 16.1. The van der Waals surface area contributed by atoms with Gasteiger partial charge in [0.15, 0.2) is 5.78 Å². The van der Waals surface area contributed by atoms with E-state index in [1.54, 1.807) is 30.9 Å². The highest BCUT2D eigenvalue weighted by Crippen LogP contribution is 2.15. The molecule has 0 radical (unpaired) electrons. The predicted octanol–water partition coefficient (Wildman–Crippen LogP) is 1.08. The van der Waals surface area contributed by atoms with Crippen molar-refractivity contribution in [3.63, 3.8) is 0 Å². The SMILES string of the molecule is CC(=O)c1cccc2c1c(=O)n(C)n2C. The number of aryl methyl sites for hydroxylation is 1. The predicted molar refractivity (Wildman–Crippen MR) is 58.2 cm³/mol. The minimum absolute atomic E-state index is 0.0797. The lowest BCUT2D eigenvalue weighted by Crippen LogP contribution is -2.17. The van der Waals surface area contributed by atoms with Gasteiger partial charge < -0.3 is 0 Å². The summed E-state index contributed by atoms with van der Waals surface area (Å²) < 4.78 is 3.24. The summed E-state index contributed by atoms with van der Waals surface area (Å²) in [5.74, 6) is -0.0797. The molecule has 2 aromatic rings. The van der Waals surface area contributed by atoms with Crippen LogP contribution in [0.5, 0.6) is 0 Å². The lowest BCUT2D eigenvalue weighted by Gasteiger charge is -1.99. The Hall–Kier alpha value is -1.84. The third kappa shape index (κ3) is 1.21. The van der Waals surface area contributed by atoms with Crippen LogP contribution in [0.25, 0.3) is 10.9 Å². The van der Waals surface area contributed by atoms with Crippen molar-refractivity contribution in [1.29, 1.82) is 0 Å². The number of Topliss-reactive ketones (excluding diaryl/α,β-unsaturated/α-hetero) is 1. The second kappa shape index (κ2) is 3.08. The van der Waals surface area contributed by atoms with Gasteiger partial charge in [-0.1, -0.05) is 12.1 Å². The van der Waals surface area contributed by atoms with Crippen LogP contribution >= 0.6 is 0 Å². The van der Waals surface area contributed by atoms with Crippen molar-refractivity contribution < 1.29 is 4.79 Å². The smallest absolute Gasteiger partial charge is 0.275 e. The first-order valence-electron chi connectivity index (χ1n) is 4.69. The molecule has 4 nitrogen and oxygen atoms in total. The van der Waals surface area contributed by atoms with Crippen molar-refractivity contribution in [3.05, 3.63) is 34.1 Å². The van der Waals surface area contributed by atoms with Crippen molar-refractivity contribution in [2.45, 2.75) is 6.92 Å². The molecule has 0 fully saturated rings. The lowest BCUT2D eigenvalue weighted by atomic mass is 10.1. The number of rotatable bonds is 1. The van der Waals surface area contributed by atoms with Gasteiger partial charge in [-0.05, 0) is 13.0 Å². The van der Waals surface area contributed by atoms with Gasteiger partial charge in [-0.2, -0.15) is 0 Å². The van der Waals surface area contributed by atoms with Gasteiger partial charge in [0.1, 0.15) is 0 Å². The number of fused-ring (bicyclic) bond motifs is 1. The van der Waals surface area contributed by atoms with Crippen LogP contribution in [-0.2, 0) is 14.1 Å². The molecule has 0 saturated heterocycles. The Kier molecular flexibility index (Phi) is 2.00. The fourth-order valence-electron chi connectivity index (χ4n) is 1.79. The van der Waals surface area contributed by atoms with Crippen molar-refractivity contribution in [1.82, 2.24) is 9.36 Å². The van der Waals surface area contributed by atoms with Gasteiger partial charge >= 0.3 is 0 Å². The number of carbonyl (C=O) groups excluding carboxylic acids is 1. The molecule has 0 aliphatic heterocycles. The Morgan fingerprint density at radius 3 is 2.47 bits per heavy atom. The van der Waals surface area contributed by atoms with Crippen LogP contribution in [0.3, 0.4) is 0 Å². The third-order valence-electron chi connectivity index (χ3n) is 2.73. The Bertz CT molecular complexity index is 605. The van der Waals surface area contributed by atoms with Crippen molar-refractivity contribution in [2.75, 3.05) is 0 Å². The number of hydrogen-bond donors (Lipinski definition) is 0. The van der Waals surface area contributed by atoms with E-state index in [-0.39, 0.29) is 11.3 Å². The highest BCUT2D eigenvalue weighted by Gasteiger charge is 2.13. The summed E-state index contributed by atoms with van der Waals surface area (Å²) >= 11 is 0. The minimum atomic E-state index is -0.127. The van der Waals surface area contributed by atoms with Gasteiger partial charge in [0, 0.05) is 19.7 Å². The molecule has 0 N–H and O–H groups in total. The molecule has 78 valence electrons. The van der Waals surface area contributed by atoms with E-state index in [1.165, 1.54) is 11.6 Å². The van der Waals surface area contributed by atoms with Crippen LogP contribution in [0.15, 0.2) is 23.0 Å². The summed E-state index contributed by atoms with van der Waals surface area (Å²) in [6, 6.07) is 5.31. The van der Waals surface area contributed by atoms with Gasteiger partial charge in [-0.25, -0.2) is 0 Å². The monoisotopic (exact) mass is 204 g/mol. The Balaban J connectivity index is 3.05. The third-order valence-corrected chi connectivity index (χ3v) is 2.73. The molecule has 15 heavy (non-hydrogen) atoms. The maximum absolute atomic E-state index is 11.9. The average molecular weight is 204 g/mol. The number of hydrogen-bond acceptors (Lipinski definition) is 2. The molecule has 1 aromatic carbocycles. The first-order chi connectivity index (χ1) is 7.04. The molecular weight excluding hydrogens is 192 g/mol. The van der Waals surface area contributed by atoms with E-state index in [2.05, 4.69) is 0 Å². The molecule has 4 heteroatoms. The molecule has 0 bridgehead atoms. The summed E-state index contributed by atoms with van der Waals surface area (Å²) in [6.45, 7) is 1.47. The van der Waals surface area contributed by atoms with Gasteiger partial charge in [-0.3, -0.25) is 19.0 Å². The van der Waals surface area contributed by atoms with Crippen molar-refractivity contribution in [2.24, 2.45) is 14.1 Å². The van der Waals surface area contributed by atoms with Crippen LogP contribution in [0.2, 0.25) is 0 Å². The summed E-state index contributed by atoms with van der Waals surface area (Å²) in [6.07, 6.45) is 0. The zero-order valence-corrected chi connectivity index (χ0v) is 8.94. The average Bonchev–Trinajstić information content (AvgIpc) is 2.44. The maximum Gasteiger partial charge on any atom is 0.275 e. The molecule has 0 aliphatic rings. The second-order valence-corrected chi connectivity index (χ2v) is 3.61. The first kappa shape index (κ1) is 9.71. The van der Waals surface area contributed by atoms with E-state index in [0.29, 0.717) is 10.9 Å². The number of ketones is 1. The number of benzene rings is 1. The molecule has 0 amide bonds. The van der Waals surface area contributed by atoms with E-state index >= 15 is 0 Å².